The zero-order chi connectivity index (χ0) is 19.1. The van der Waals surface area contributed by atoms with E-state index in [-0.39, 0.29) is 11.8 Å². The highest BCUT2D eigenvalue weighted by Gasteiger charge is 2.15. The Labute approximate surface area is 155 Å². The van der Waals surface area contributed by atoms with Crippen LogP contribution in [0.25, 0.3) is 0 Å². The second-order valence-corrected chi connectivity index (χ2v) is 6.87. The second-order valence-electron chi connectivity index (χ2n) is 6.87. The Kier molecular flexibility index (Phi) is 6.95. The lowest BCUT2D eigenvalue weighted by Crippen LogP contribution is -2.35. The number of nitrogens with one attached hydrogen (secondary N) is 2. The predicted octanol–water partition coefficient (Wildman–Crippen LogP) is 2.24. The fourth-order valence-electron chi connectivity index (χ4n) is 2.81. The largest absolute Gasteiger partial charge is 0.354 e. The van der Waals surface area contributed by atoms with Gasteiger partial charge in [0.2, 0.25) is 5.91 Å². The van der Waals surface area contributed by atoms with Crippen molar-refractivity contribution < 1.29 is 9.59 Å². The van der Waals surface area contributed by atoms with Gasteiger partial charge in [0.1, 0.15) is 0 Å². The van der Waals surface area contributed by atoms with Crippen molar-refractivity contribution in [2.45, 2.75) is 40.7 Å². The minimum atomic E-state index is -0.138. The van der Waals surface area contributed by atoms with Gasteiger partial charge in [-0.15, -0.1) is 0 Å². The second kappa shape index (κ2) is 9.17. The highest BCUT2D eigenvalue weighted by Crippen LogP contribution is 2.15. The summed E-state index contributed by atoms with van der Waals surface area (Å²) in [6, 6.07) is 9.02. The van der Waals surface area contributed by atoms with Crippen molar-refractivity contribution in [3.63, 3.8) is 0 Å². The zero-order valence-electron chi connectivity index (χ0n) is 16.0. The first kappa shape index (κ1) is 19.7. The summed E-state index contributed by atoms with van der Waals surface area (Å²) in [5.41, 5.74) is 3.54. The van der Waals surface area contributed by atoms with Gasteiger partial charge in [0.05, 0.1) is 12.1 Å². The van der Waals surface area contributed by atoms with E-state index < -0.39 is 0 Å². The van der Waals surface area contributed by atoms with E-state index in [1.165, 1.54) is 0 Å². The molecular formula is C20H28N4O2. The van der Waals surface area contributed by atoms with Gasteiger partial charge in [-0.25, -0.2) is 0 Å². The van der Waals surface area contributed by atoms with E-state index in [0.29, 0.717) is 31.0 Å². The Morgan fingerprint density at radius 2 is 1.73 bits per heavy atom. The number of benzene rings is 1. The summed E-state index contributed by atoms with van der Waals surface area (Å²) in [5, 5.41) is 10.2. The van der Waals surface area contributed by atoms with Crippen molar-refractivity contribution in [2.75, 3.05) is 13.1 Å². The summed E-state index contributed by atoms with van der Waals surface area (Å²) in [5.74, 6) is 0.304. The number of nitrogens with zero attached hydrogens (tertiary/aromatic N) is 2. The van der Waals surface area contributed by atoms with E-state index >= 15 is 0 Å². The van der Waals surface area contributed by atoms with Crippen LogP contribution in [0.5, 0.6) is 0 Å². The molecule has 0 aliphatic rings. The average molecular weight is 356 g/mol. The van der Waals surface area contributed by atoms with Crippen LogP contribution in [0.1, 0.15) is 41.2 Å². The number of hydrogen-bond acceptors (Lipinski definition) is 3. The SMILES string of the molecule is Cc1nn(CC(C)C)c(C)c1CC(=O)NCCNC(=O)c1ccccc1. The summed E-state index contributed by atoms with van der Waals surface area (Å²) in [6.07, 6.45) is 0.308. The van der Waals surface area contributed by atoms with E-state index in [4.69, 9.17) is 0 Å². The van der Waals surface area contributed by atoms with Gasteiger partial charge in [-0.3, -0.25) is 14.3 Å². The first-order valence-electron chi connectivity index (χ1n) is 9.01. The number of aromatic nitrogens is 2. The molecule has 1 aromatic heterocycles. The van der Waals surface area contributed by atoms with E-state index in [9.17, 15) is 9.59 Å². The summed E-state index contributed by atoms with van der Waals surface area (Å²) < 4.78 is 1.97. The Hall–Kier alpha value is -2.63. The van der Waals surface area contributed by atoms with Gasteiger partial charge in [0, 0.05) is 36.5 Å². The predicted molar refractivity (Wildman–Crippen MR) is 102 cm³/mol. The van der Waals surface area contributed by atoms with Crippen LogP contribution < -0.4 is 10.6 Å². The third-order valence-corrected chi connectivity index (χ3v) is 4.18. The molecule has 2 rings (SSSR count). The van der Waals surface area contributed by atoms with Gasteiger partial charge < -0.3 is 10.6 Å². The van der Waals surface area contributed by atoms with Crippen molar-refractivity contribution in [1.29, 1.82) is 0 Å². The van der Waals surface area contributed by atoms with Crippen molar-refractivity contribution in [3.8, 4) is 0 Å². The Morgan fingerprint density at radius 3 is 2.38 bits per heavy atom. The van der Waals surface area contributed by atoms with E-state index in [2.05, 4.69) is 29.6 Å². The normalized spacial score (nSPS) is 10.8. The first-order valence-corrected chi connectivity index (χ1v) is 9.01. The minimum Gasteiger partial charge on any atom is -0.354 e. The molecule has 0 saturated heterocycles. The summed E-state index contributed by atoms with van der Waals surface area (Å²) in [4.78, 5) is 24.1. The standard InChI is InChI=1S/C20H28N4O2/c1-14(2)13-24-16(4)18(15(3)23-24)12-19(25)21-10-11-22-20(26)17-8-6-5-7-9-17/h5-9,14H,10-13H2,1-4H3,(H,21,25)(H,22,26). The molecule has 0 radical (unpaired) electrons. The van der Waals surface area contributed by atoms with E-state index in [0.717, 1.165) is 23.5 Å². The molecule has 6 heteroatoms. The maximum absolute atomic E-state index is 12.2. The van der Waals surface area contributed by atoms with Gasteiger partial charge in [-0.05, 0) is 31.9 Å². The minimum absolute atomic E-state index is 0.0609. The topological polar surface area (TPSA) is 76.0 Å². The molecule has 2 aromatic rings. The smallest absolute Gasteiger partial charge is 0.251 e. The van der Waals surface area contributed by atoms with Crippen LogP contribution in [-0.4, -0.2) is 34.7 Å². The number of aryl methyl sites for hydroxylation is 1. The lowest BCUT2D eigenvalue weighted by Gasteiger charge is -2.09. The molecule has 0 aliphatic heterocycles. The molecule has 0 bridgehead atoms. The number of carbonyl (C=O) groups is 2. The van der Waals surface area contributed by atoms with E-state index in [1.54, 1.807) is 12.1 Å². The monoisotopic (exact) mass is 356 g/mol. The van der Waals surface area contributed by atoms with Gasteiger partial charge in [-0.2, -0.15) is 5.10 Å². The van der Waals surface area contributed by atoms with Crippen LogP contribution in [0.3, 0.4) is 0 Å². The van der Waals surface area contributed by atoms with Crippen molar-refractivity contribution >= 4 is 11.8 Å². The highest BCUT2D eigenvalue weighted by molar-refractivity contribution is 5.94. The Bertz CT molecular complexity index is 751. The van der Waals surface area contributed by atoms with Crippen molar-refractivity contribution in [3.05, 3.63) is 52.8 Å². The highest BCUT2D eigenvalue weighted by atomic mass is 16.2. The molecule has 26 heavy (non-hydrogen) atoms. The molecule has 0 aliphatic carbocycles. The molecule has 1 aromatic carbocycles. The molecule has 0 fully saturated rings. The van der Waals surface area contributed by atoms with Crippen LogP contribution >= 0.6 is 0 Å². The van der Waals surface area contributed by atoms with Crippen LogP contribution in [0.15, 0.2) is 30.3 Å². The molecule has 0 saturated carbocycles. The fraction of sp³-hybridized carbons (Fsp3) is 0.450. The first-order chi connectivity index (χ1) is 12.4. The molecule has 0 spiro atoms. The molecule has 2 N–H and O–H groups in total. The number of carbonyl (C=O) groups excluding carboxylic acids is 2. The molecule has 0 atom stereocenters. The summed E-state index contributed by atoms with van der Waals surface area (Å²) in [6.45, 7) is 9.87. The molecular weight excluding hydrogens is 328 g/mol. The third kappa shape index (κ3) is 5.44. The molecule has 6 nitrogen and oxygen atoms in total. The fourth-order valence-corrected chi connectivity index (χ4v) is 2.81. The summed E-state index contributed by atoms with van der Waals surface area (Å²) in [7, 11) is 0. The Morgan fingerprint density at radius 1 is 1.08 bits per heavy atom. The number of hydrogen-bond donors (Lipinski definition) is 2. The van der Waals surface area contributed by atoms with Crippen LogP contribution in [-0.2, 0) is 17.8 Å². The van der Waals surface area contributed by atoms with Crippen molar-refractivity contribution in [1.82, 2.24) is 20.4 Å². The lowest BCUT2D eigenvalue weighted by molar-refractivity contribution is -0.120. The Balaban J connectivity index is 1.79. The maximum atomic E-state index is 12.2. The molecule has 140 valence electrons. The van der Waals surface area contributed by atoms with Gasteiger partial charge in [0.15, 0.2) is 0 Å². The number of rotatable bonds is 8. The molecule has 0 unspecified atom stereocenters. The molecule has 2 amide bonds. The van der Waals surface area contributed by atoms with E-state index in [1.807, 2.05) is 36.7 Å². The van der Waals surface area contributed by atoms with Crippen molar-refractivity contribution in [2.24, 2.45) is 5.92 Å². The van der Waals surface area contributed by atoms with Crippen LogP contribution in [0, 0.1) is 19.8 Å². The van der Waals surface area contributed by atoms with Crippen LogP contribution in [0.2, 0.25) is 0 Å². The van der Waals surface area contributed by atoms with Gasteiger partial charge in [-0.1, -0.05) is 32.0 Å². The van der Waals surface area contributed by atoms with Gasteiger partial charge >= 0.3 is 0 Å². The molecule has 1 heterocycles. The van der Waals surface area contributed by atoms with Gasteiger partial charge in [0.25, 0.3) is 5.91 Å². The number of amides is 2. The maximum Gasteiger partial charge on any atom is 0.251 e. The average Bonchev–Trinajstić information content (AvgIpc) is 2.86. The lowest BCUT2D eigenvalue weighted by atomic mass is 10.1. The van der Waals surface area contributed by atoms with Crippen LogP contribution in [0.4, 0.5) is 0 Å². The zero-order valence-corrected chi connectivity index (χ0v) is 16.0. The summed E-state index contributed by atoms with van der Waals surface area (Å²) >= 11 is 0. The quantitative estimate of drug-likeness (QED) is 0.712. The third-order valence-electron chi connectivity index (χ3n) is 4.18.